The number of carbonyl (C=O) groups excluding carboxylic acids is 1. The minimum atomic E-state index is -0.234. The van der Waals surface area contributed by atoms with Crippen LogP contribution in [-0.2, 0) is 4.79 Å². The molecular formula is C15H24N2O. The zero-order valence-electron chi connectivity index (χ0n) is 11.6. The maximum atomic E-state index is 12.2. The van der Waals surface area contributed by atoms with Gasteiger partial charge in [0.1, 0.15) is 0 Å². The van der Waals surface area contributed by atoms with E-state index in [9.17, 15) is 4.79 Å². The van der Waals surface area contributed by atoms with Gasteiger partial charge in [0.2, 0.25) is 5.91 Å². The lowest BCUT2D eigenvalue weighted by atomic mass is 9.94. The summed E-state index contributed by atoms with van der Waals surface area (Å²) in [7, 11) is 1.85. The number of hydrogen-bond acceptors (Lipinski definition) is 2. The SMILES string of the molecule is CCCCN(C)C(=O)C(C)C(N)c1ccccc1. The van der Waals surface area contributed by atoms with E-state index in [-0.39, 0.29) is 17.9 Å². The number of nitrogens with zero attached hydrogens (tertiary/aromatic N) is 1. The highest BCUT2D eigenvalue weighted by molar-refractivity contribution is 5.79. The van der Waals surface area contributed by atoms with Crippen LogP contribution >= 0.6 is 0 Å². The monoisotopic (exact) mass is 248 g/mol. The first-order valence-electron chi connectivity index (χ1n) is 6.63. The molecule has 1 rings (SSSR count). The minimum absolute atomic E-state index is 0.125. The summed E-state index contributed by atoms with van der Waals surface area (Å²) in [5.74, 6) is -0.0611. The number of rotatable bonds is 6. The zero-order valence-corrected chi connectivity index (χ0v) is 11.6. The van der Waals surface area contributed by atoms with Crippen molar-refractivity contribution in [1.29, 1.82) is 0 Å². The minimum Gasteiger partial charge on any atom is -0.345 e. The van der Waals surface area contributed by atoms with Gasteiger partial charge < -0.3 is 10.6 Å². The summed E-state index contributed by atoms with van der Waals surface area (Å²) < 4.78 is 0. The van der Waals surface area contributed by atoms with E-state index in [1.807, 2.05) is 44.3 Å². The normalized spacial score (nSPS) is 14.0. The van der Waals surface area contributed by atoms with Gasteiger partial charge in [-0.1, -0.05) is 50.6 Å². The second kappa shape index (κ2) is 7.17. The van der Waals surface area contributed by atoms with E-state index in [0.717, 1.165) is 24.9 Å². The average molecular weight is 248 g/mol. The highest BCUT2D eigenvalue weighted by Crippen LogP contribution is 2.20. The number of carbonyl (C=O) groups is 1. The van der Waals surface area contributed by atoms with E-state index in [2.05, 4.69) is 6.92 Å². The van der Waals surface area contributed by atoms with E-state index in [1.165, 1.54) is 0 Å². The van der Waals surface area contributed by atoms with Gasteiger partial charge in [-0.05, 0) is 12.0 Å². The first-order chi connectivity index (χ1) is 8.57. The molecule has 0 aliphatic rings. The quantitative estimate of drug-likeness (QED) is 0.841. The second-order valence-electron chi connectivity index (χ2n) is 4.84. The topological polar surface area (TPSA) is 46.3 Å². The number of nitrogens with two attached hydrogens (primary N) is 1. The second-order valence-corrected chi connectivity index (χ2v) is 4.84. The standard InChI is InChI=1S/C15H24N2O/c1-4-5-11-17(3)15(18)12(2)14(16)13-9-7-6-8-10-13/h6-10,12,14H,4-5,11,16H2,1-3H3. The summed E-state index contributed by atoms with van der Waals surface area (Å²) in [5.41, 5.74) is 7.17. The average Bonchev–Trinajstić information content (AvgIpc) is 2.43. The summed E-state index contributed by atoms with van der Waals surface area (Å²) in [6.45, 7) is 4.83. The number of benzene rings is 1. The largest absolute Gasteiger partial charge is 0.345 e. The molecule has 0 radical (unpaired) electrons. The molecular weight excluding hydrogens is 224 g/mol. The Morgan fingerprint density at radius 2 is 1.94 bits per heavy atom. The lowest BCUT2D eigenvalue weighted by Crippen LogP contribution is -2.37. The lowest BCUT2D eigenvalue weighted by Gasteiger charge is -2.25. The third-order valence-corrected chi connectivity index (χ3v) is 3.34. The van der Waals surface area contributed by atoms with Crippen LogP contribution in [0, 0.1) is 5.92 Å². The van der Waals surface area contributed by atoms with Gasteiger partial charge in [-0.25, -0.2) is 0 Å². The van der Waals surface area contributed by atoms with Crippen molar-refractivity contribution in [3.05, 3.63) is 35.9 Å². The van der Waals surface area contributed by atoms with Gasteiger partial charge in [0.15, 0.2) is 0 Å². The summed E-state index contributed by atoms with van der Waals surface area (Å²) >= 11 is 0. The molecule has 3 nitrogen and oxygen atoms in total. The molecule has 3 heteroatoms. The molecule has 2 N–H and O–H groups in total. The lowest BCUT2D eigenvalue weighted by molar-refractivity contribution is -0.134. The Morgan fingerprint density at radius 3 is 2.50 bits per heavy atom. The van der Waals surface area contributed by atoms with Crippen molar-refractivity contribution in [2.75, 3.05) is 13.6 Å². The van der Waals surface area contributed by atoms with Crippen LogP contribution in [0.5, 0.6) is 0 Å². The van der Waals surface area contributed by atoms with Crippen LogP contribution in [0.15, 0.2) is 30.3 Å². The number of unbranched alkanes of at least 4 members (excludes halogenated alkanes) is 1. The van der Waals surface area contributed by atoms with Crippen molar-refractivity contribution in [3.8, 4) is 0 Å². The molecule has 0 spiro atoms. The molecule has 1 aromatic rings. The molecule has 0 saturated carbocycles. The van der Waals surface area contributed by atoms with Crippen LogP contribution in [0.4, 0.5) is 0 Å². The van der Waals surface area contributed by atoms with Gasteiger partial charge in [-0.15, -0.1) is 0 Å². The fourth-order valence-electron chi connectivity index (χ4n) is 1.97. The molecule has 2 unspecified atom stereocenters. The third kappa shape index (κ3) is 3.84. The summed E-state index contributed by atoms with van der Waals surface area (Å²) in [6, 6.07) is 9.57. The van der Waals surface area contributed by atoms with Crippen LogP contribution in [0.2, 0.25) is 0 Å². The van der Waals surface area contributed by atoms with Gasteiger partial charge >= 0.3 is 0 Å². The Bertz CT molecular complexity index is 364. The molecule has 1 aromatic carbocycles. The third-order valence-electron chi connectivity index (χ3n) is 3.34. The molecule has 0 aliphatic carbocycles. The van der Waals surface area contributed by atoms with E-state index >= 15 is 0 Å². The summed E-state index contributed by atoms with van der Waals surface area (Å²) in [6.07, 6.45) is 2.13. The Hall–Kier alpha value is -1.35. The molecule has 0 bridgehead atoms. The van der Waals surface area contributed by atoms with Gasteiger partial charge in [0.25, 0.3) is 0 Å². The fourth-order valence-corrected chi connectivity index (χ4v) is 1.97. The van der Waals surface area contributed by atoms with E-state index in [1.54, 1.807) is 4.90 Å². The number of hydrogen-bond donors (Lipinski definition) is 1. The van der Waals surface area contributed by atoms with Gasteiger partial charge in [-0.2, -0.15) is 0 Å². The molecule has 0 saturated heterocycles. The molecule has 0 aromatic heterocycles. The molecule has 2 atom stereocenters. The molecule has 0 aliphatic heterocycles. The van der Waals surface area contributed by atoms with Crippen molar-refractivity contribution in [3.63, 3.8) is 0 Å². The Balaban J connectivity index is 2.63. The van der Waals surface area contributed by atoms with Gasteiger partial charge in [0.05, 0.1) is 5.92 Å². The predicted octanol–water partition coefficient (Wildman–Crippen LogP) is 2.58. The molecule has 18 heavy (non-hydrogen) atoms. The van der Waals surface area contributed by atoms with E-state index in [4.69, 9.17) is 5.73 Å². The van der Waals surface area contributed by atoms with Gasteiger partial charge in [-0.3, -0.25) is 4.79 Å². The highest BCUT2D eigenvalue weighted by atomic mass is 16.2. The van der Waals surface area contributed by atoms with Crippen molar-refractivity contribution < 1.29 is 4.79 Å². The van der Waals surface area contributed by atoms with Crippen LogP contribution in [0.1, 0.15) is 38.3 Å². The fraction of sp³-hybridized carbons (Fsp3) is 0.533. The smallest absolute Gasteiger partial charge is 0.227 e. The highest BCUT2D eigenvalue weighted by Gasteiger charge is 2.24. The van der Waals surface area contributed by atoms with Crippen LogP contribution in [0.3, 0.4) is 0 Å². The van der Waals surface area contributed by atoms with Crippen molar-refractivity contribution in [2.24, 2.45) is 11.7 Å². The maximum Gasteiger partial charge on any atom is 0.227 e. The Kier molecular flexibility index (Phi) is 5.86. The van der Waals surface area contributed by atoms with Gasteiger partial charge in [0, 0.05) is 19.6 Å². The Morgan fingerprint density at radius 1 is 1.33 bits per heavy atom. The molecule has 0 fully saturated rings. The zero-order chi connectivity index (χ0) is 13.5. The van der Waals surface area contributed by atoms with E-state index in [0.29, 0.717) is 0 Å². The van der Waals surface area contributed by atoms with Crippen molar-refractivity contribution >= 4 is 5.91 Å². The Labute approximate surface area is 110 Å². The summed E-state index contributed by atoms with van der Waals surface area (Å²) in [5, 5.41) is 0. The van der Waals surface area contributed by atoms with Crippen LogP contribution < -0.4 is 5.73 Å². The van der Waals surface area contributed by atoms with Crippen LogP contribution in [0.25, 0.3) is 0 Å². The van der Waals surface area contributed by atoms with Crippen LogP contribution in [-0.4, -0.2) is 24.4 Å². The van der Waals surface area contributed by atoms with Crippen molar-refractivity contribution in [2.45, 2.75) is 32.7 Å². The molecule has 1 amide bonds. The first kappa shape index (κ1) is 14.7. The first-order valence-corrected chi connectivity index (χ1v) is 6.63. The van der Waals surface area contributed by atoms with Crippen molar-refractivity contribution in [1.82, 2.24) is 4.90 Å². The molecule has 100 valence electrons. The number of amides is 1. The predicted molar refractivity (Wildman–Crippen MR) is 75.1 cm³/mol. The van der Waals surface area contributed by atoms with E-state index < -0.39 is 0 Å². The summed E-state index contributed by atoms with van der Waals surface area (Å²) in [4.78, 5) is 14.0. The maximum absolute atomic E-state index is 12.2. The molecule has 0 heterocycles.